The number of ether oxygens (including phenoxy) is 1. The summed E-state index contributed by atoms with van der Waals surface area (Å²) in [6.07, 6.45) is 6.74. The van der Waals surface area contributed by atoms with Crippen LogP contribution in [0, 0.1) is 10.1 Å². The summed E-state index contributed by atoms with van der Waals surface area (Å²) >= 11 is 5.21. The van der Waals surface area contributed by atoms with E-state index in [-0.39, 0.29) is 11.6 Å². The predicted molar refractivity (Wildman–Crippen MR) is 111 cm³/mol. The summed E-state index contributed by atoms with van der Waals surface area (Å²) in [5.74, 6) is 0.567. The lowest BCUT2D eigenvalue weighted by Gasteiger charge is -2.40. The molecule has 152 valence electrons. The highest BCUT2D eigenvalue weighted by atomic mass is 32.1. The van der Waals surface area contributed by atoms with Gasteiger partial charge in [0.15, 0.2) is 5.05 Å². The molecule has 0 atom stereocenters. The summed E-state index contributed by atoms with van der Waals surface area (Å²) in [4.78, 5) is 27.2. The summed E-state index contributed by atoms with van der Waals surface area (Å²) in [5.41, 5.74) is 0.00130. The van der Waals surface area contributed by atoms with Crippen molar-refractivity contribution in [1.82, 2.24) is 9.80 Å². The molecule has 2 aliphatic rings. The van der Waals surface area contributed by atoms with Gasteiger partial charge in [-0.3, -0.25) is 14.9 Å². The van der Waals surface area contributed by atoms with Crippen molar-refractivity contribution in [1.29, 1.82) is 0 Å². The Morgan fingerprint density at radius 1 is 1.07 bits per heavy atom. The number of rotatable bonds is 6. The number of benzene rings is 1. The van der Waals surface area contributed by atoms with Crippen LogP contribution in [-0.2, 0) is 4.79 Å². The molecule has 2 saturated heterocycles. The van der Waals surface area contributed by atoms with E-state index >= 15 is 0 Å². The minimum atomic E-state index is -0.463. The lowest BCUT2D eigenvalue weighted by atomic mass is 9.99. The molecule has 0 unspecified atom stereocenters. The summed E-state index contributed by atoms with van der Waals surface area (Å²) in [7, 11) is 0. The number of hydrogen-bond donors (Lipinski definition) is 0. The molecule has 1 amide bonds. The van der Waals surface area contributed by atoms with Crippen LogP contribution in [0.4, 0.5) is 5.69 Å². The van der Waals surface area contributed by atoms with Gasteiger partial charge in [0.05, 0.1) is 4.92 Å². The van der Waals surface area contributed by atoms with Crippen LogP contribution in [0.2, 0.25) is 0 Å². The van der Waals surface area contributed by atoms with E-state index in [1.807, 2.05) is 4.90 Å². The van der Waals surface area contributed by atoms with Gasteiger partial charge in [-0.25, -0.2) is 0 Å². The average Bonchev–Trinajstić information content (AvgIpc) is 2.73. The lowest BCUT2D eigenvalue weighted by Crippen LogP contribution is -2.48. The second-order valence-corrected chi connectivity index (χ2v) is 7.89. The number of carbonyl (C=O) groups excluding carboxylic acids is 1. The molecule has 0 saturated carbocycles. The van der Waals surface area contributed by atoms with Crippen LogP contribution in [0.1, 0.15) is 44.9 Å². The third-order valence-corrected chi connectivity index (χ3v) is 5.83. The molecule has 0 aliphatic carbocycles. The largest absolute Gasteiger partial charge is 0.450 e. The van der Waals surface area contributed by atoms with Crippen LogP contribution in [0.3, 0.4) is 0 Å². The van der Waals surface area contributed by atoms with Crippen molar-refractivity contribution in [3.63, 3.8) is 0 Å². The molecule has 0 radical (unpaired) electrons. The average molecular weight is 406 g/mol. The first-order valence-corrected chi connectivity index (χ1v) is 10.4. The number of amides is 1. The highest BCUT2D eigenvalue weighted by Crippen LogP contribution is 2.22. The van der Waals surface area contributed by atoms with Gasteiger partial charge >= 0.3 is 0 Å². The van der Waals surface area contributed by atoms with Crippen LogP contribution in [0.15, 0.2) is 24.3 Å². The molecular formula is C20H27N3O4S. The zero-order chi connectivity index (χ0) is 19.9. The number of nitro benzene ring substituents is 1. The number of nitro groups is 1. The number of hydrogen-bond acceptors (Lipinski definition) is 6. The fraction of sp³-hybridized carbons (Fsp3) is 0.600. The maximum Gasteiger partial charge on any atom is 0.269 e. The van der Waals surface area contributed by atoms with Crippen molar-refractivity contribution in [3.05, 3.63) is 34.4 Å². The molecular weight excluding hydrogens is 378 g/mol. The minimum absolute atomic E-state index is 0.00130. The van der Waals surface area contributed by atoms with Crippen molar-refractivity contribution < 1.29 is 14.5 Å². The number of carbonyl (C=O) groups is 1. The molecule has 0 N–H and O–H groups in total. The molecule has 7 nitrogen and oxygen atoms in total. The third-order valence-electron chi connectivity index (χ3n) is 5.55. The Morgan fingerprint density at radius 3 is 2.32 bits per heavy atom. The van der Waals surface area contributed by atoms with Crippen molar-refractivity contribution in [2.75, 3.05) is 26.2 Å². The minimum Gasteiger partial charge on any atom is -0.450 e. The number of likely N-dealkylation sites (tertiary alicyclic amines) is 2. The van der Waals surface area contributed by atoms with E-state index in [1.165, 1.54) is 56.6 Å². The summed E-state index contributed by atoms with van der Waals surface area (Å²) in [6, 6.07) is 6.39. The normalized spacial score (nSPS) is 18.6. The van der Waals surface area contributed by atoms with Gasteiger partial charge in [-0.2, -0.15) is 0 Å². The van der Waals surface area contributed by atoms with Gasteiger partial charge in [-0.05, 0) is 63.1 Å². The van der Waals surface area contributed by atoms with Crippen LogP contribution in [0.25, 0.3) is 0 Å². The topological polar surface area (TPSA) is 75.9 Å². The molecule has 28 heavy (non-hydrogen) atoms. The van der Waals surface area contributed by atoms with E-state index < -0.39 is 4.92 Å². The maximum absolute atomic E-state index is 12.5. The highest BCUT2D eigenvalue weighted by Gasteiger charge is 2.27. The SMILES string of the molecule is O=C(CCC(=S)Oc1ccc([N+](=O)[O-])cc1)N1CCC(N2CCCCC2)CC1. The first-order valence-electron chi connectivity index (χ1n) is 10.00. The van der Waals surface area contributed by atoms with E-state index in [4.69, 9.17) is 17.0 Å². The Hall–Kier alpha value is -2.06. The first-order chi connectivity index (χ1) is 13.5. The second-order valence-electron chi connectivity index (χ2n) is 7.43. The van der Waals surface area contributed by atoms with Crippen molar-refractivity contribution >= 4 is 28.9 Å². The lowest BCUT2D eigenvalue weighted by molar-refractivity contribution is -0.384. The van der Waals surface area contributed by atoms with Crippen molar-refractivity contribution in [2.45, 2.75) is 51.0 Å². The van der Waals surface area contributed by atoms with Crippen LogP contribution >= 0.6 is 12.2 Å². The molecule has 0 aromatic heterocycles. The summed E-state index contributed by atoms with van der Waals surface area (Å²) in [5, 5.41) is 11.0. The Balaban J connectivity index is 1.38. The smallest absolute Gasteiger partial charge is 0.269 e. The molecule has 2 fully saturated rings. The van der Waals surface area contributed by atoms with Gasteiger partial charge in [0.2, 0.25) is 5.91 Å². The van der Waals surface area contributed by atoms with Crippen LogP contribution in [0.5, 0.6) is 5.75 Å². The number of thiocarbonyl (C=S) groups is 1. The van der Waals surface area contributed by atoms with E-state index in [2.05, 4.69) is 4.90 Å². The second kappa shape index (κ2) is 9.93. The Kier molecular flexibility index (Phi) is 7.33. The van der Waals surface area contributed by atoms with Crippen molar-refractivity contribution in [2.24, 2.45) is 0 Å². The number of non-ortho nitro benzene ring substituents is 1. The van der Waals surface area contributed by atoms with Gasteiger partial charge in [-0.15, -0.1) is 0 Å². The Bertz CT molecular complexity index is 696. The van der Waals surface area contributed by atoms with E-state index in [1.54, 1.807) is 0 Å². The number of piperidine rings is 2. The molecule has 2 heterocycles. The highest BCUT2D eigenvalue weighted by molar-refractivity contribution is 7.80. The van der Waals surface area contributed by atoms with E-state index in [9.17, 15) is 14.9 Å². The molecule has 0 bridgehead atoms. The number of nitrogens with zero attached hydrogens (tertiary/aromatic N) is 3. The molecule has 2 aliphatic heterocycles. The predicted octanol–water partition coefficient (Wildman–Crippen LogP) is 3.56. The van der Waals surface area contributed by atoms with Crippen LogP contribution in [-0.4, -0.2) is 57.9 Å². The zero-order valence-electron chi connectivity index (χ0n) is 16.0. The summed E-state index contributed by atoms with van der Waals surface area (Å²) < 4.78 is 5.51. The Labute approximate surface area is 170 Å². The molecule has 0 spiro atoms. The van der Waals surface area contributed by atoms with Crippen LogP contribution < -0.4 is 4.74 Å². The van der Waals surface area contributed by atoms with E-state index in [0.717, 1.165) is 25.9 Å². The van der Waals surface area contributed by atoms with Gasteiger partial charge in [0, 0.05) is 44.1 Å². The monoisotopic (exact) mass is 405 g/mol. The maximum atomic E-state index is 12.5. The first kappa shape index (κ1) is 20.7. The Morgan fingerprint density at radius 2 is 1.71 bits per heavy atom. The van der Waals surface area contributed by atoms with Gasteiger partial charge in [0.1, 0.15) is 5.75 Å². The van der Waals surface area contributed by atoms with Gasteiger partial charge in [-0.1, -0.05) is 6.42 Å². The fourth-order valence-corrected chi connectivity index (χ4v) is 4.15. The molecule has 3 rings (SSSR count). The zero-order valence-corrected chi connectivity index (χ0v) is 16.9. The third kappa shape index (κ3) is 5.72. The van der Waals surface area contributed by atoms with Gasteiger partial charge in [0.25, 0.3) is 5.69 Å². The van der Waals surface area contributed by atoms with E-state index in [0.29, 0.717) is 29.7 Å². The van der Waals surface area contributed by atoms with Gasteiger partial charge < -0.3 is 14.5 Å². The van der Waals surface area contributed by atoms with Crippen molar-refractivity contribution in [3.8, 4) is 5.75 Å². The quantitative estimate of drug-likeness (QED) is 0.409. The molecule has 8 heteroatoms. The molecule has 1 aromatic carbocycles. The standard InChI is InChI=1S/C20H27N3O4S/c24-19(22-14-10-16(11-15-22)21-12-2-1-3-13-21)8-9-20(28)27-18-6-4-17(5-7-18)23(25)26/h4-7,16H,1-3,8-15H2. The molecule has 1 aromatic rings. The summed E-state index contributed by atoms with van der Waals surface area (Å²) in [6.45, 7) is 4.03. The fourth-order valence-electron chi connectivity index (χ4n) is 3.95.